The first-order valence-corrected chi connectivity index (χ1v) is 4.05. The van der Waals surface area contributed by atoms with E-state index in [0.717, 1.165) is 0 Å². The summed E-state index contributed by atoms with van der Waals surface area (Å²) < 4.78 is 31.6. The van der Waals surface area contributed by atoms with Crippen molar-refractivity contribution >= 4 is 22.0 Å². The highest BCUT2D eigenvalue weighted by molar-refractivity contribution is 7.80. The second-order valence-corrected chi connectivity index (χ2v) is 2.88. The van der Waals surface area contributed by atoms with Crippen molar-refractivity contribution in [3.05, 3.63) is 0 Å². The number of rotatable bonds is 3. The van der Waals surface area contributed by atoms with Gasteiger partial charge < -0.3 is 0 Å². The lowest BCUT2D eigenvalue weighted by molar-refractivity contribution is 0.240. The summed E-state index contributed by atoms with van der Waals surface area (Å²) in [4.78, 5) is 0. The van der Waals surface area contributed by atoms with Gasteiger partial charge in [-0.25, -0.2) is 4.18 Å². The van der Waals surface area contributed by atoms with Crippen LogP contribution in [-0.4, -0.2) is 18.5 Å². The van der Waals surface area contributed by atoms with E-state index in [0.29, 0.717) is 6.42 Å². The molecule has 0 fully saturated rings. The fourth-order valence-electron chi connectivity index (χ4n) is 0.200. The molecule has 6 heteroatoms. The van der Waals surface area contributed by atoms with Crippen LogP contribution in [0.15, 0.2) is 0 Å². The van der Waals surface area contributed by atoms with E-state index in [4.69, 9.17) is 16.2 Å². The highest BCUT2D eigenvalue weighted by Crippen LogP contribution is 2.05. The van der Waals surface area contributed by atoms with Gasteiger partial charge in [-0.2, -0.15) is 8.42 Å². The van der Waals surface area contributed by atoms with E-state index in [1.807, 2.05) is 0 Å². The molecule has 0 aliphatic carbocycles. The van der Waals surface area contributed by atoms with Crippen LogP contribution in [-0.2, 0) is 14.6 Å². The van der Waals surface area contributed by atoms with Crippen molar-refractivity contribution < 1.29 is 17.2 Å². The smallest absolute Gasteiger partial charge is 0.263 e. The minimum atomic E-state index is -4.37. The van der Waals surface area contributed by atoms with Gasteiger partial charge in [0.1, 0.15) is 0 Å². The summed E-state index contributed by atoms with van der Waals surface area (Å²) in [7, 11) is -4.37. The molecule has 0 aliphatic rings. The van der Waals surface area contributed by atoms with Crippen molar-refractivity contribution in [3.63, 3.8) is 0 Å². The van der Waals surface area contributed by atoms with Gasteiger partial charge in [-0.15, -0.1) is 0 Å². The number of hydrogen-bond donors (Lipinski definition) is 1. The first-order valence-electron chi connectivity index (χ1n) is 2.25. The minimum absolute atomic E-state index is 0.321. The van der Waals surface area contributed by atoms with Gasteiger partial charge >= 0.3 is 10.4 Å². The zero-order valence-corrected chi connectivity index (χ0v) is 6.32. The molecule has 9 heavy (non-hydrogen) atoms. The molecule has 0 bridgehead atoms. The highest BCUT2D eigenvalue weighted by Gasteiger charge is 2.10. The van der Waals surface area contributed by atoms with Gasteiger partial charge in [0.25, 0.3) is 0 Å². The number of alkyl halides is 1. The zero-order valence-electron chi connectivity index (χ0n) is 4.74. The maximum atomic E-state index is 9.85. The topological polar surface area (TPSA) is 63.6 Å². The molecule has 1 unspecified atom stereocenters. The van der Waals surface area contributed by atoms with E-state index >= 15 is 0 Å². The van der Waals surface area contributed by atoms with Gasteiger partial charge in [-0.3, -0.25) is 4.55 Å². The van der Waals surface area contributed by atoms with Crippen molar-refractivity contribution in [2.75, 3.05) is 0 Å². The molecule has 0 saturated heterocycles. The molecular formula is C3H7ClO4S. The lowest BCUT2D eigenvalue weighted by atomic mass is 10.5. The molecule has 0 spiro atoms. The van der Waals surface area contributed by atoms with Gasteiger partial charge in [-0.05, 0) is 6.42 Å². The Bertz CT molecular complexity index is 163. The second-order valence-electron chi connectivity index (χ2n) is 1.34. The third-order valence-electron chi connectivity index (χ3n) is 0.547. The number of hydrogen-bond acceptors (Lipinski definition) is 3. The molecule has 56 valence electrons. The predicted octanol–water partition coefficient (Wildman–Crippen LogP) is 0.781. The SMILES string of the molecule is CCC(Cl)OS(=O)(=O)O. The van der Waals surface area contributed by atoms with Crippen LogP contribution in [0.1, 0.15) is 13.3 Å². The summed E-state index contributed by atoms with van der Waals surface area (Å²) in [5, 5.41) is 0. The van der Waals surface area contributed by atoms with E-state index in [2.05, 4.69) is 4.18 Å². The number of halogens is 1. The molecule has 0 saturated carbocycles. The van der Waals surface area contributed by atoms with Crippen LogP contribution in [0, 0.1) is 0 Å². The van der Waals surface area contributed by atoms with E-state index in [9.17, 15) is 8.42 Å². The Morgan fingerprint density at radius 3 is 2.33 bits per heavy atom. The highest BCUT2D eigenvalue weighted by atomic mass is 35.5. The third-order valence-corrected chi connectivity index (χ3v) is 1.53. The summed E-state index contributed by atoms with van der Waals surface area (Å²) in [6, 6.07) is 0. The fraction of sp³-hybridized carbons (Fsp3) is 1.00. The average molecular weight is 175 g/mol. The average Bonchev–Trinajstić information content (AvgIpc) is 1.62. The molecule has 0 aromatic heterocycles. The molecule has 0 aromatic carbocycles. The summed E-state index contributed by atoms with van der Waals surface area (Å²) >= 11 is 5.19. The van der Waals surface area contributed by atoms with Crippen molar-refractivity contribution in [1.29, 1.82) is 0 Å². The first kappa shape index (κ1) is 9.16. The Morgan fingerprint density at radius 2 is 2.22 bits per heavy atom. The summed E-state index contributed by atoms with van der Waals surface area (Å²) in [6.45, 7) is 1.63. The van der Waals surface area contributed by atoms with Gasteiger partial charge in [0.05, 0.1) is 0 Å². The lowest BCUT2D eigenvalue weighted by Crippen LogP contribution is -2.10. The van der Waals surface area contributed by atoms with E-state index in [1.165, 1.54) is 0 Å². The van der Waals surface area contributed by atoms with Gasteiger partial charge in [0.2, 0.25) is 0 Å². The van der Waals surface area contributed by atoms with Crippen LogP contribution in [0.5, 0.6) is 0 Å². The van der Waals surface area contributed by atoms with Gasteiger partial charge in [0.15, 0.2) is 5.56 Å². The first-order chi connectivity index (χ1) is 3.95. The van der Waals surface area contributed by atoms with Crippen molar-refractivity contribution in [2.45, 2.75) is 18.9 Å². The summed E-state index contributed by atoms with van der Waals surface area (Å²) in [5.41, 5.74) is -0.972. The monoisotopic (exact) mass is 174 g/mol. The molecule has 0 amide bonds. The molecule has 0 heterocycles. The summed E-state index contributed by atoms with van der Waals surface area (Å²) in [5.74, 6) is 0. The largest absolute Gasteiger partial charge is 0.398 e. The standard InChI is InChI=1S/C3H7ClO4S/c1-2-3(4)8-9(5,6)7/h3H,2H2,1H3,(H,5,6,7). The predicted molar refractivity (Wildman–Crippen MR) is 32.6 cm³/mol. The molecule has 0 rings (SSSR count). The Morgan fingerprint density at radius 1 is 1.78 bits per heavy atom. The Kier molecular flexibility index (Phi) is 3.42. The lowest BCUT2D eigenvalue weighted by Gasteiger charge is -2.02. The molecule has 1 N–H and O–H groups in total. The summed E-state index contributed by atoms with van der Waals surface area (Å²) in [6.07, 6.45) is 0.321. The molecule has 1 atom stereocenters. The molecule has 0 aromatic rings. The van der Waals surface area contributed by atoms with E-state index < -0.39 is 16.0 Å². The third kappa shape index (κ3) is 6.04. The van der Waals surface area contributed by atoms with Crippen molar-refractivity contribution in [1.82, 2.24) is 0 Å². The molecule has 0 radical (unpaired) electrons. The maximum absolute atomic E-state index is 9.85. The van der Waals surface area contributed by atoms with E-state index in [-0.39, 0.29) is 0 Å². The quantitative estimate of drug-likeness (QED) is 0.507. The normalized spacial score (nSPS) is 15.4. The maximum Gasteiger partial charge on any atom is 0.398 e. The second kappa shape index (κ2) is 3.36. The van der Waals surface area contributed by atoms with Crippen molar-refractivity contribution in [2.24, 2.45) is 0 Å². The minimum Gasteiger partial charge on any atom is -0.263 e. The van der Waals surface area contributed by atoms with E-state index in [1.54, 1.807) is 6.92 Å². The van der Waals surface area contributed by atoms with Gasteiger partial charge in [-0.1, -0.05) is 18.5 Å². The Hall–Kier alpha value is 0.160. The van der Waals surface area contributed by atoms with Crippen LogP contribution in [0.25, 0.3) is 0 Å². The van der Waals surface area contributed by atoms with Crippen LogP contribution in [0.4, 0.5) is 0 Å². The van der Waals surface area contributed by atoms with Crippen molar-refractivity contribution in [3.8, 4) is 0 Å². The molecule has 4 nitrogen and oxygen atoms in total. The van der Waals surface area contributed by atoms with Crippen LogP contribution in [0.3, 0.4) is 0 Å². The molecule has 0 aliphatic heterocycles. The van der Waals surface area contributed by atoms with Gasteiger partial charge in [0, 0.05) is 0 Å². The van der Waals surface area contributed by atoms with Crippen LogP contribution < -0.4 is 0 Å². The molecular weight excluding hydrogens is 168 g/mol. The van der Waals surface area contributed by atoms with Crippen LogP contribution >= 0.6 is 11.6 Å². The Balaban J connectivity index is 3.75. The fourth-order valence-corrected chi connectivity index (χ4v) is 0.876. The zero-order chi connectivity index (χ0) is 7.49. The van der Waals surface area contributed by atoms with Crippen LogP contribution in [0.2, 0.25) is 0 Å². The Labute approximate surface area is 58.7 Å².